The van der Waals surface area contributed by atoms with E-state index >= 15 is 0 Å². The van der Waals surface area contributed by atoms with Gasteiger partial charge in [0, 0.05) is 23.9 Å². The Labute approximate surface area is 198 Å². The molecule has 2 N–H and O–H groups in total. The van der Waals surface area contributed by atoms with Crippen molar-refractivity contribution in [1.29, 1.82) is 0 Å². The number of fused-ring (bicyclic) bond motifs is 1. The Kier molecular flexibility index (Phi) is 6.60. The Hall–Kier alpha value is -3.23. The third-order valence-corrected chi connectivity index (χ3v) is 6.42. The van der Waals surface area contributed by atoms with Crippen LogP contribution in [0.25, 0.3) is 0 Å². The molecule has 2 atom stereocenters. The van der Waals surface area contributed by atoms with Crippen molar-refractivity contribution in [3.8, 4) is 0 Å². The highest BCUT2D eigenvalue weighted by Crippen LogP contribution is 2.41. The van der Waals surface area contributed by atoms with Crippen LogP contribution in [0.4, 0.5) is 5.69 Å². The zero-order valence-electron chi connectivity index (χ0n) is 19.0. The minimum atomic E-state index is -0.687. The smallest absolute Gasteiger partial charge is 0.255 e. The molecule has 3 aliphatic rings. The van der Waals surface area contributed by atoms with Crippen LogP contribution < -0.4 is 10.6 Å². The largest absolute Gasteiger partial charge is 0.376 e. The summed E-state index contributed by atoms with van der Waals surface area (Å²) in [5.74, 6) is -0.779. The molecule has 2 unspecified atom stereocenters. The molecule has 1 aliphatic carbocycles. The number of rotatable bonds is 9. The molecule has 8 nitrogen and oxygen atoms in total. The van der Waals surface area contributed by atoms with Gasteiger partial charge in [-0.25, -0.2) is 0 Å². The monoisotopic (exact) mass is 463 g/mol. The molecule has 5 rings (SSSR count). The molecule has 8 heteroatoms. The van der Waals surface area contributed by atoms with Gasteiger partial charge >= 0.3 is 0 Å². The van der Waals surface area contributed by atoms with Gasteiger partial charge in [0.05, 0.1) is 25.9 Å². The van der Waals surface area contributed by atoms with Gasteiger partial charge < -0.3 is 25.0 Å². The number of benzene rings is 2. The predicted octanol–water partition coefficient (Wildman–Crippen LogP) is 2.80. The van der Waals surface area contributed by atoms with Crippen molar-refractivity contribution in [3.05, 3.63) is 65.2 Å². The Morgan fingerprint density at radius 1 is 1.09 bits per heavy atom. The molecular weight excluding hydrogens is 434 g/mol. The fourth-order valence-electron chi connectivity index (χ4n) is 4.63. The fourth-order valence-corrected chi connectivity index (χ4v) is 4.63. The van der Waals surface area contributed by atoms with Gasteiger partial charge in [0.1, 0.15) is 6.04 Å². The summed E-state index contributed by atoms with van der Waals surface area (Å²) < 4.78 is 11.3. The van der Waals surface area contributed by atoms with Crippen molar-refractivity contribution in [2.45, 2.75) is 50.5 Å². The van der Waals surface area contributed by atoms with Crippen LogP contribution in [0.15, 0.2) is 48.5 Å². The minimum Gasteiger partial charge on any atom is -0.376 e. The van der Waals surface area contributed by atoms with Gasteiger partial charge in [-0.2, -0.15) is 0 Å². The van der Waals surface area contributed by atoms with Crippen LogP contribution in [0.5, 0.6) is 0 Å². The summed E-state index contributed by atoms with van der Waals surface area (Å²) in [6.45, 7) is 1.62. The third kappa shape index (κ3) is 4.98. The SMILES string of the molecule is O=C(CNC(=O)C1c2ccccc2C(=O)N1C1CC1)Nc1cccc(COCC2CCCO2)c1. The Morgan fingerprint density at radius 2 is 1.94 bits per heavy atom. The molecule has 34 heavy (non-hydrogen) atoms. The van der Waals surface area contributed by atoms with Crippen LogP contribution in [0, 0.1) is 0 Å². The highest BCUT2D eigenvalue weighted by atomic mass is 16.5. The number of amides is 3. The normalized spacial score (nSPS) is 21.4. The molecule has 0 radical (unpaired) electrons. The van der Waals surface area contributed by atoms with Crippen molar-refractivity contribution in [2.24, 2.45) is 0 Å². The van der Waals surface area contributed by atoms with E-state index in [2.05, 4.69) is 10.6 Å². The summed E-state index contributed by atoms with van der Waals surface area (Å²) in [6, 6.07) is 14.0. The van der Waals surface area contributed by atoms with Crippen molar-refractivity contribution < 1.29 is 23.9 Å². The lowest BCUT2D eigenvalue weighted by molar-refractivity contribution is -0.127. The Morgan fingerprint density at radius 3 is 2.74 bits per heavy atom. The van der Waals surface area contributed by atoms with E-state index in [4.69, 9.17) is 9.47 Å². The lowest BCUT2D eigenvalue weighted by Crippen LogP contribution is -2.42. The fraction of sp³-hybridized carbons (Fsp3) is 0.423. The van der Waals surface area contributed by atoms with Crippen molar-refractivity contribution in [1.82, 2.24) is 10.2 Å². The van der Waals surface area contributed by atoms with Crippen LogP contribution in [0.3, 0.4) is 0 Å². The average Bonchev–Trinajstić information content (AvgIpc) is 3.46. The van der Waals surface area contributed by atoms with E-state index in [1.165, 1.54) is 0 Å². The summed E-state index contributed by atoms with van der Waals surface area (Å²) in [5.41, 5.74) is 2.85. The first-order valence-corrected chi connectivity index (χ1v) is 11.9. The maximum Gasteiger partial charge on any atom is 0.255 e. The second-order valence-corrected chi connectivity index (χ2v) is 9.05. The number of hydrogen-bond donors (Lipinski definition) is 2. The standard InChI is InChI=1S/C26H29N3O5/c30-23(28-18-6-3-5-17(13-18)15-33-16-20-7-4-12-34-20)14-27-25(31)24-21-8-1-2-9-22(21)26(32)29(24)19-10-11-19/h1-3,5-6,8-9,13,19-20,24H,4,7,10-12,14-16H2,(H,27,31)(H,28,30). The van der Waals surface area contributed by atoms with E-state index in [0.717, 1.165) is 37.9 Å². The molecule has 0 spiro atoms. The number of ether oxygens (including phenoxy) is 2. The minimum absolute atomic E-state index is 0.0923. The lowest BCUT2D eigenvalue weighted by atomic mass is 10.0. The molecule has 2 aromatic carbocycles. The number of carbonyl (C=O) groups is 3. The van der Waals surface area contributed by atoms with E-state index in [1.54, 1.807) is 23.1 Å². The summed E-state index contributed by atoms with van der Waals surface area (Å²) in [6.07, 6.45) is 4.08. The van der Waals surface area contributed by atoms with Crippen LogP contribution >= 0.6 is 0 Å². The van der Waals surface area contributed by atoms with Crippen LogP contribution in [-0.2, 0) is 25.7 Å². The molecule has 2 heterocycles. The van der Waals surface area contributed by atoms with Gasteiger partial charge in [0.15, 0.2) is 0 Å². The first kappa shape index (κ1) is 22.6. The number of carbonyl (C=O) groups excluding carboxylic acids is 3. The zero-order valence-corrected chi connectivity index (χ0v) is 19.0. The van der Waals surface area contributed by atoms with Crippen LogP contribution in [0.1, 0.15) is 53.2 Å². The second-order valence-electron chi connectivity index (χ2n) is 9.05. The average molecular weight is 464 g/mol. The summed E-state index contributed by atoms with van der Waals surface area (Å²) in [4.78, 5) is 40.0. The molecule has 2 aliphatic heterocycles. The van der Waals surface area contributed by atoms with Gasteiger partial charge in [-0.3, -0.25) is 14.4 Å². The third-order valence-electron chi connectivity index (χ3n) is 6.42. The van der Waals surface area contributed by atoms with E-state index in [0.29, 0.717) is 30.0 Å². The highest BCUT2D eigenvalue weighted by molar-refractivity contribution is 6.05. The number of nitrogens with one attached hydrogen (secondary N) is 2. The lowest BCUT2D eigenvalue weighted by Gasteiger charge is -2.24. The van der Waals surface area contributed by atoms with E-state index in [-0.39, 0.29) is 36.4 Å². The first-order valence-electron chi connectivity index (χ1n) is 11.9. The van der Waals surface area contributed by atoms with Gasteiger partial charge in [0.2, 0.25) is 11.8 Å². The quantitative estimate of drug-likeness (QED) is 0.596. The number of nitrogens with zero attached hydrogens (tertiary/aromatic N) is 1. The summed E-state index contributed by atoms with van der Waals surface area (Å²) in [5, 5.41) is 5.53. The van der Waals surface area contributed by atoms with Crippen LogP contribution in [-0.4, -0.2) is 54.5 Å². The summed E-state index contributed by atoms with van der Waals surface area (Å²) >= 11 is 0. The van der Waals surface area contributed by atoms with Gasteiger partial charge in [-0.15, -0.1) is 0 Å². The number of anilines is 1. The van der Waals surface area contributed by atoms with Gasteiger partial charge in [0.25, 0.3) is 5.91 Å². The van der Waals surface area contributed by atoms with Gasteiger partial charge in [-0.1, -0.05) is 30.3 Å². The van der Waals surface area contributed by atoms with Crippen LogP contribution in [0.2, 0.25) is 0 Å². The molecule has 1 saturated carbocycles. The maximum absolute atomic E-state index is 13.0. The molecule has 2 aromatic rings. The molecule has 3 amide bonds. The molecule has 0 bridgehead atoms. The Bertz CT molecular complexity index is 1080. The van der Waals surface area contributed by atoms with Gasteiger partial charge in [-0.05, 0) is 55.0 Å². The number of hydrogen-bond acceptors (Lipinski definition) is 5. The molecule has 0 aromatic heterocycles. The zero-order chi connectivity index (χ0) is 23.5. The molecular formula is C26H29N3O5. The summed E-state index contributed by atoms with van der Waals surface area (Å²) in [7, 11) is 0. The second kappa shape index (κ2) is 9.95. The predicted molar refractivity (Wildman–Crippen MR) is 125 cm³/mol. The van der Waals surface area contributed by atoms with Crippen molar-refractivity contribution in [2.75, 3.05) is 25.1 Å². The van der Waals surface area contributed by atoms with Crippen molar-refractivity contribution in [3.63, 3.8) is 0 Å². The van der Waals surface area contributed by atoms with Crippen molar-refractivity contribution >= 4 is 23.4 Å². The van der Waals surface area contributed by atoms with E-state index in [1.807, 2.05) is 30.3 Å². The first-order chi connectivity index (χ1) is 16.6. The topological polar surface area (TPSA) is 97.0 Å². The molecule has 1 saturated heterocycles. The van der Waals surface area contributed by atoms with E-state index < -0.39 is 6.04 Å². The highest BCUT2D eigenvalue weighted by Gasteiger charge is 2.47. The molecule has 2 fully saturated rings. The molecule has 178 valence electrons. The van der Waals surface area contributed by atoms with E-state index in [9.17, 15) is 14.4 Å². The maximum atomic E-state index is 13.0. The Balaban J connectivity index is 1.14.